The number of nitrogens with zero attached hydrogens (tertiary/aromatic N) is 3. The zero-order valence-corrected chi connectivity index (χ0v) is 12.8. The lowest BCUT2D eigenvalue weighted by Crippen LogP contribution is -2.38. The minimum atomic E-state index is -0.0814. The van der Waals surface area contributed by atoms with Gasteiger partial charge in [0.2, 0.25) is 0 Å². The van der Waals surface area contributed by atoms with Crippen LogP contribution in [0.5, 0.6) is 0 Å². The molecule has 110 valence electrons. The predicted octanol–water partition coefficient (Wildman–Crippen LogP) is 2.88. The van der Waals surface area contributed by atoms with Crippen molar-refractivity contribution < 1.29 is 4.79 Å². The topological polar surface area (TPSA) is 46.1 Å². The highest BCUT2D eigenvalue weighted by molar-refractivity contribution is 5.92. The lowest BCUT2D eigenvalue weighted by molar-refractivity contribution is 0.0720. The van der Waals surface area contributed by atoms with Crippen LogP contribution in [0.1, 0.15) is 35.0 Å². The minimum absolute atomic E-state index is 0.0814. The third-order valence-electron chi connectivity index (χ3n) is 3.71. The molecule has 0 aliphatic carbocycles. The third kappa shape index (κ3) is 3.88. The predicted molar refractivity (Wildman–Crippen MR) is 83.1 cm³/mol. The van der Waals surface area contributed by atoms with Gasteiger partial charge in [-0.1, -0.05) is 36.8 Å². The van der Waals surface area contributed by atoms with Gasteiger partial charge >= 0.3 is 0 Å². The number of carbonyl (C=O) groups excluding carboxylic acids is 1. The van der Waals surface area contributed by atoms with Gasteiger partial charge in [0.05, 0.1) is 6.20 Å². The van der Waals surface area contributed by atoms with Crippen molar-refractivity contribution >= 4 is 5.91 Å². The van der Waals surface area contributed by atoms with Gasteiger partial charge in [-0.05, 0) is 25.3 Å². The number of aromatic nitrogens is 2. The first-order chi connectivity index (χ1) is 10.1. The minimum Gasteiger partial charge on any atom is -0.337 e. The maximum Gasteiger partial charge on any atom is 0.274 e. The van der Waals surface area contributed by atoms with E-state index < -0.39 is 0 Å². The number of aryl methyl sites for hydroxylation is 1. The van der Waals surface area contributed by atoms with Crippen LogP contribution in [0.3, 0.4) is 0 Å². The molecule has 1 aromatic heterocycles. The van der Waals surface area contributed by atoms with Crippen molar-refractivity contribution in [2.75, 3.05) is 7.05 Å². The number of carbonyl (C=O) groups is 1. The Balaban J connectivity index is 2.09. The molecular weight excluding hydrogens is 262 g/mol. The molecule has 0 unspecified atom stereocenters. The molecule has 0 aliphatic rings. The highest BCUT2D eigenvalue weighted by Gasteiger charge is 2.21. The first-order valence-electron chi connectivity index (χ1n) is 7.20. The van der Waals surface area contributed by atoms with Gasteiger partial charge in [-0.3, -0.25) is 9.78 Å². The summed E-state index contributed by atoms with van der Waals surface area (Å²) in [5, 5.41) is 0. The van der Waals surface area contributed by atoms with Gasteiger partial charge < -0.3 is 4.90 Å². The highest BCUT2D eigenvalue weighted by atomic mass is 16.2. The SMILES string of the molecule is CC[C@@H](Cc1ccc(C)cc1)N(C)C(=O)c1cnccn1. The zero-order chi connectivity index (χ0) is 15.2. The molecule has 0 saturated carbocycles. The Morgan fingerprint density at radius 1 is 1.24 bits per heavy atom. The normalized spacial score (nSPS) is 12.0. The molecule has 2 aromatic rings. The van der Waals surface area contributed by atoms with Gasteiger partial charge in [0.25, 0.3) is 5.91 Å². The quantitative estimate of drug-likeness (QED) is 0.847. The number of benzene rings is 1. The standard InChI is InChI=1S/C17H21N3O/c1-4-15(11-14-7-5-13(2)6-8-14)20(3)17(21)16-12-18-9-10-19-16/h5-10,12,15H,4,11H2,1-3H3/t15-/m0/s1. The van der Waals surface area contributed by atoms with Gasteiger partial charge in [-0.15, -0.1) is 0 Å². The van der Waals surface area contributed by atoms with Gasteiger partial charge in [-0.2, -0.15) is 0 Å². The summed E-state index contributed by atoms with van der Waals surface area (Å²) in [6, 6.07) is 8.61. The zero-order valence-electron chi connectivity index (χ0n) is 12.8. The van der Waals surface area contributed by atoms with E-state index in [-0.39, 0.29) is 11.9 Å². The van der Waals surface area contributed by atoms with E-state index in [1.165, 1.54) is 17.3 Å². The van der Waals surface area contributed by atoms with Crippen molar-refractivity contribution in [2.24, 2.45) is 0 Å². The second-order valence-electron chi connectivity index (χ2n) is 5.26. The average Bonchev–Trinajstić information content (AvgIpc) is 2.54. The molecule has 4 heteroatoms. The molecule has 0 spiro atoms. The fourth-order valence-electron chi connectivity index (χ4n) is 2.31. The molecule has 1 heterocycles. The van der Waals surface area contributed by atoms with E-state index in [4.69, 9.17) is 0 Å². The monoisotopic (exact) mass is 283 g/mol. The van der Waals surface area contributed by atoms with Crippen molar-refractivity contribution in [3.8, 4) is 0 Å². The van der Waals surface area contributed by atoms with Gasteiger partial charge in [-0.25, -0.2) is 4.98 Å². The Hall–Kier alpha value is -2.23. The number of likely N-dealkylation sites (N-methyl/N-ethyl adjacent to an activating group) is 1. The lowest BCUT2D eigenvalue weighted by Gasteiger charge is -2.27. The Morgan fingerprint density at radius 2 is 1.95 bits per heavy atom. The van der Waals surface area contributed by atoms with E-state index in [9.17, 15) is 4.79 Å². The fourth-order valence-corrected chi connectivity index (χ4v) is 2.31. The molecule has 2 rings (SSSR count). The molecule has 0 saturated heterocycles. The van der Waals surface area contributed by atoms with E-state index in [0.717, 1.165) is 12.8 Å². The van der Waals surface area contributed by atoms with Crippen LogP contribution < -0.4 is 0 Å². The van der Waals surface area contributed by atoms with E-state index in [1.54, 1.807) is 17.3 Å². The highest BCUT2D eigenvalue weighted by Crippen LogP contribution is 2.14. The first kappa shape index (κ1) is 15.2. The number of rotatable bonds is 5. The van der Waals surface area contributed by atoms with Crippen LogP contribution in [-0.2, 0) is 6.42 Å². The number of amides is 1. The molecule has 0 fully saturated rings. The second kappa shape index (κ2) is 6.97. The van der Waals surface area contributed by atoms with E-state index in [1.807, 2.05) is 7.05 Å². The summed E-state index contributed by atoms with van der Waals surface area (Å²) in [4.78, 5) is 22.2. The summed E-state index contributed by atoms with van der Waals surface area (Å²) < 4.78 is 0. The summed E-state index contributed by atoms with van der Waals surface area (Å²) in [5.41, 5.74) is 2.88. The summed E-state index contributed by atoms with van der Waals surface area (Å²) in [7, 11) is 1.83. The van der Waals surface area contributed by atoms with Crippen LogP contribution in [0.4, 0.5) is 0 Å². The Kier molecular flexibility index (Phi) is 5.04. The van der Waals surface area contributed by atoms with Crippen molar-refractivity contribution in [2.45, 2.75) is 32.7 Å². The van der Waals surface area contributed by atoms with Crippen LogP contribution in [0, 0.1) is 6.92 Å². The molecule has 4 nitrogen and oxygen atoms in total. The fraction of sp³-hybridized carbons (Fsp3) is 0.353. The lowest BCUT2D eigenvalue weighted by atomic mass is 10.0. The molecule has 1 atom stereocenters. The molecule has 0 aliphatic heterocycles. The van der Waals surface area contributed by atoms with Gasteiger partial charge in [0, 0.05) is 25.5 Å². The van der Waals surface area contributed by atoms with Crippen molar-refractivity contribution in [3.05, 3.63) is 59.7 Å². The summed E-state index contributed by atoms with van der Waals surface area (Å²) in [6.07, 6.45) is 6.37. The Morgan fingerprint density at radius 3 is 2.52 bits per heavy atom. The number of hydrogen-bond acceptors (Lipinski definition) is 3. The smallest absolute Gasteiger partial charge is 0.274 e. The Labute approximate surface area is 125 Å². The van der Waals surface area contributed by atoms with Crippen LogP contribution in [0.2, 0.25) is 0 Å². The third-order valence-corrected chi connectivity index (χ3v) is 3.71. The summed E-state index contributed by atoms with van der Waals surface area (Å²) in [6.45, 7) is 4.17. The average molecular weight is 283 g/mol. The maximum absolute atomic E-state index is 12.4. The van der Waals surface area contributed by atoms with Gasteiger partial charge in [0.15, 0.2) is 0 Å². The van der Waals surface area contributed by atoms with Crippen molar-refractivity contribution in [1.29, 1.82) is 0 Å². The molecule has 1 aromatic carbocycles. The molecule has 0 bridgehead atoms. The van der Waals surface area contributed by atoms with Gasteiger partial charge in [0.1, 0.15) is 5.69 Å². The van der Waals surface area contributed by atoms with Crippen molar-refractivity contribution in [3.63, 3.8) is 0 Å². The summed E-state index contributed by atoms with van der Waals surface area (Å²) >= 11 is 0. The molecule has 21 heavy (non-hydrogen) atoms. The van der Waals surface area contributed by atoms with E-state index >= 15 is 0 Å². The molecule has 1 amide bonds. The van der Waals surface area contributed by atoms with E-state index in [2.05, 4.69) is 48.1 Å². The molecule has 0 radical (unpaired) electrons. The molecular formula is C17H21N3O. The van der Waals surface area contributed by atoms with Crippen LogP contribution >= 0.6 is 0 Å². The molecule has 0 N–H and O–H groups in total. The Bertz CT molecular complexity index is 581. The van der Waals surface area contributed by atoms with Crippen LogP contribution in [0.25, 0.3) is 0 Å². The second-order valence-corrected chi connectivity index (χ2v) is 5.26. The van der Waals surface area contributed by atoms with Crippen LogP contribution in [0.15, 0.2) is 42.9 Å². The summed E-state index contributed by atoms with van der Waals surface area (Å²) in [5.74, 6) is -0.0814. The number of hydrogen-bond donors (Lipinski definition) is 0. The maximum atomic E-state index is 12.4. The van der Waals surface area contributed by atoms with Crippen molar-refractivity contribution in [1.82, 2.24) is 14.9 Å². The van der Waals surface area contributed by atoms with Crippen LogP contribution in [-0.4, -0.2) is 33.9 Å². The first-order valence-corrected chi connectivity index (χ1v) is 7.20. The largest absolute Gasteiger partial charge is 0.337 e. The van der Waals surface area contributed by atoms with E-state index in [0.29, 0.717) is 5.69 Å².